The smallest absolute Gasteiger partial charge is 0.294 e. The summed E-state index contributed by atoms with van der Waals surface area (Å²) in [5.74, 6) is -0.0552. The van der Waals surface area contributed by atoms with Crippen molar-refractivity contribution in [3.05, 3.63) is 64.7 Å². The van der Waals surface area contributed by atoms with Gasteiger partial charge in [-0.25, -0.2) is 14.8 Å². The number of aryl methyl sites for hydroxylation is 1. The number of rotatable bonds is 4. The number of amides is 2. The average Bonchev–Trinajstić information content (AvgIpc) is 3.42. The Balaban J connectivity index is 1.46. The minimum Gasteiger partial charge on any atom is -0.294 e. The molecule has 0 fully saturated rings. The molecule has 6 nitrogen and oxygen atoms in total. The molecule has 33 heavy (non-hydrogen) atoms. The van der Waals surface area contributed by atoms with Crippen LogP contribution in [-0.2, 0) is 6.42 Å². The van der Waals surface area contributed by atoms with Gasteiger partial charge in [-0.1, -0.05) is 41.7 Å². The van der Waals surface area contributed by atoms with E-state index in [4.69, 9.17) is 0 Å². The van der Waals surface area contributed by atoms with E-state index < -0.39 is 0 Å². The topological polar surface area (TPSA) is 75.2 Å². The zero-order valence-corrected chi connectivity index (χ0v) is 19.9. The molecule has 1 aliphatic heterocycles. The predicted molar refractivity (Wildman–Crippen MR) is 137 cm³/mol. The van der Waals surface area contributed by atoms with Crippen LogP contribution in [0.15, 0.2) is 48.5 Å². The molecule has 3 heterocycles. The van der Waals surface area contributed by atoms with Gasteiger partial charge >= 0.3 is 6.03 Å². The van der Waals surface area contributed by atoms with Gasteiger partial charge in [0.2, 0.25) is 0 Å². The highest BCUT2D eigenvalue weighted by atomic mass is 32.1. The van der Waals surface area contributed by atoms with Gasteiger partial charge in [-0.05, 0) is 49.6 Å². The molecule has 166 valence electrons. The van der Waals surface area contributed by atoms with Crippen molar-refractivity contribution >= 4 is 61.6 Å². The summed E-state index contributed by atoms with van der Waals surface area (Å²) in [6, 6.07) is 13.7. The molecular formula is C25H22N4O2S2. The number of carbonyl (C=O) groups is 2. The summed E-state index contributed by atoms with van der Waals surface area (Å²) >= 11 is 2.95. The Kier molecular flexibility index (Phi) is 5.78. The van der Waals surface area contributed by atoms with Gasteiger partial charge in [0.15, 0.2) is 10.9 Å². The van der Waals surface area contributed by atoms with Crippen molar-refractivity contribution in [2.75, 3.05) is 16.8 Å². The quantitative estimate of drug-likeness (QED) is 0.336. The maximum Gasteiger partial charge on any atom is 0.328 e. The molecule has 2 aromatic heterocycles. The Hall–Kier alpha value is -3.36. The summed E-state index contributed by atoms with van der Waals surface area (Å²) in [5.41, 5.74) is 4.26. The van der Waals surface area contributed by atoms with Gasteiger partial charge in [0.25, 0.3) is 0 Å². The first-order valence-corrected chi connectivity index (χ1v) is 12.4. The Morgan fingerprint density at radius 2 is 1.97 bits per heavy atom. The highest BCUT2D eigenvalue weighted by molar-refractivity contribution is 7.22. The molecular weight excluding hydrogens is 452 g/mol. The Bertz CT molecular complexity index is 1370. The lowest BCUT2D eigenvalue weighted by Gasteiger charge is -2.29. The fourth-order valence-corrected chi connectivity index (χ4v) is 5.91. The molecule has 0 saturated carbocycles. The monoisotopic (exact) mass is 474 g/mol. The number of urea groups is 1. The lowest BCUT2D eigenvalue weighted by atomic mass is 10.00. The van der Waals surface area contributed by atoms with E-state index in [0.29, 0.717) is 17.4 Å². The van der Waals surface area contributed by atoms with E-state index in [-0.39, 0.29) is 11.8 Å². The molecule has 4 aromatic rings. The number of aromatic nitrogens is 2. The summed E-state index contributed by atoms with van der Waals surface area (Å²) < 4.78 is 1.04. The third kappa shape index (κ3) is 4.19. The van der Waals surface area contributed by atoms with Crippen LogP contribution in [0, 0.1) is 0 Å². The second kappa shape index (κ2) is 8.88. The number of allylic oxidation sites excluding steroid dienone is 1. The first-order valence-electron chi connectivity index (χ1n) is 10.8. The minimum absolute atomic E-state index is 0.0552. The number of nitrogens with zero attached hydrogens (tertiary/aromatic N) is 3. The zero-order chi connectivity index (χ0) is 22.9. The first-order chi connectivity index (χ1) is 16.0. The number of nitrogens with one attached hydrogen (secondary N) is 1. The van der Waals surface area contributed by atoms with Crippen molar-refractivity contribution in [3.63, 3.8) is 0 Å². The molecule has 2 amide bonds. The molecule has 5 rings (SSSR count). The molecule has 0 aliphatic carbocycles. The van der Waals surface area contributed by atoms with Crippen LogP contribution in [0.25, 0.3) is 26.9 Å². The number of hydrogen-bond acceptors (Lipinski definition) is 6. The van der Waals surface area contributed by atoms with Crippen LogP contribution >= 0.6 is 22.7 Å². The predicted octanol–water partition coefficient (Wildman–Crippen LogP) is 6.64. The van der Waals surface area contributed by atoms with Crippen LogP contribution in [0.5, 0.6) is 0 Å². The molecule has 0 unspecified atom stereocenters. The Labute approximate surface area is 199 Å². The molecule has 1 aliphatic rings. The van der Waals surface area contributed by atoms with Crippen LogP contribution in [0.4, 0.5) is 15.6 Å². The van der Waals surface area contributed by atoms with Gasteiger partial charge in [0.1, 0.15) is 10.7 Å². The summed E-state index contributed by atoms with van der Waals surface area (Å²) in [6.45, 7) is 4.09. The fourth-order valence-electron chi connectivity index (χ4n) is 3.98. The van der Waals surface area contributed by atoms with Crippen molar-refractivity contribution in [2.45, 2.75) is 26.7 Å². The number of thiazole rings is 2. The number of benzene rings is 2. The van der Waals surface area contributed by atoms with Crippen molar-refractivity contribution in [1.29, 1.82) is 0 Å². The normalized spacial score (nSPS) is 13.5. The number of hydrogen-bond donors (Lipinski definition) is 1. The summed E-state index contributed by atoms with van der Waals surface area (Å²) in [7, 11) is 0. The zero-order valence-electron chi connectivity index (χ0n) is 18.3. The van der Waals surface area contributed by atoms with E-state index in [1.165, 1.54) is 29.6 Å². The Morgan fingerprint density at radius 1 is 1.12 bits per heavy atom. The molecule has 1 N–H and O–H groups in total. The van der Waals surface area contributed by atoms with Crippen LogP contribution < -0.4 is 10.2 Å². The standard InChI is InChI=1S/C25H22N4O2S2/c1-3-7-21-22(15(2)30)27-23(32-21)17-12-11-16-8-6-13-29(19(16)14-17)25(31)28-24-26-18-9-4-5-10-20(18)33-24/h3-5,7,9-12,14H,6,8,13H2,1-2H3,(H,26,28,31)/b7-3+. The van der Waals surface area contributed by atoms with Crippen LogP contribution in [0.2, 0.25) is 0 Å². The second-order valence-corrected chi connectivity index (χ2v) is 9.86. The average molecular weight is 475 g/mol. The van der Waals surface area contributed by atoms with Gasteiger partial charge in [-0.15, -0.1) is 11.3 Å². The van der Waals surface area contributed by atoms with Crippen molar-refractivity contribution in [1.82, 2.24) is 9.97 Å². The molecule has 0 bridgehead atoms. The SMILES string of the molecule is C/C=C/c1sc(-c2ccc3c(c2)N(C(=O)Nc2nc4ccccc4s2)CCC3)nc1C(C)=O. The molecule has 2 aromatic carbocycles. The molecule has 8 heteroatoms. The third-order valence-electron chi connectivity index (χ3n) is 5.51. The molecule has 0 spiro atoms. The highest BCUT2D eigenvalue weighted by Gasteiger charge is 2.25. The van der Waals surface area contributed by atoms with Crippen LogP contribution in [0.1, 0.15) is 41.2 Å². The second-order valence-electron chi connectivity index (χ2n) is 7.80. The van der Waals surface area contributed by atoms with Crippen molar-refractivity contribution < 1.29 is 9.59 Å². The summed E-state index contributed by atoms with van der Waals surface area (Å²) in [6.07, 6.45) is 5.64. The van der Waals surface area contributed by atoms with E-state index in [1.807, 2.05) is 55.5 Å². The van der Waals surface area contributed by atoms with Gasteiger partial charge < -0.3 is 0 Å². The number of fused-ring (bicyclic) bond motifs is 2. The van der Waals surface area contributed by atoms with E-state index in [1.54, 1.807) is 4.90 Å². The maximum absolute atomic E-state index is 13.2. The van der Waals surface area contributed by atoms with E-state index in [2.05, 4.69) is 21.4 Å². The molecule has 0 saturated heterocycles. The first kappa shape index (κ1) is 21.5. The summed E-state index contributed by atoms with van der Waals surface area (Å²) in [5, 5.41) is 4.33. The number of para-hydroxylation sites is 1. The van der Waals surface area contributed by atoms with Crippen molar-refractivity contribution in [2.24, 2.45) is 0 Å². The van der Waals surface area contributed by atoms with E-state index in [0.717, 1.165) is 49.8 Å². The minimum atomic E-state index is -0.190. The highest BCUT2D eigenvalue weighted by Crippen LogP contribution is 2.36. The largest absolute Gasteiger partial charge is 0.328 e. The number of ketones is 1. The van der Waals surface area contributed by atoms with E-state index in [9.17, 15) is 9.59 Å². The number of carbonyl (C=O) groups excluding carboxylic acids is 2. The maximum atomic E-state index is 13.2. The number of anilines is 2. The third-order valence-corrected chi connectivity index (χ3v) is 7.53. The van der Waals surface area contributed by atoms with Crippen LogP contribution in [0.3, 0.4) is 0 Å². The molecule has 0 atom stereocenters. The van der Waals surface area contributed by atoms with Crippen molar-refractivity contribution in [3.8, 4) is 10.6 Å². The number of Topliss-reactive ketones (excluding diaryl/α,β-unsaturated/α-hetero) is 1. The molecule has 0 radical (unpaired) electrons. The van der Waals surface area contributed by atoms with Gasteiger partial charge in [-0.3, -0.25) is 15.0 Å². The lowest BCUT2D eigenvalue weighted by Crippen LogP contribution is -2.38. The van der Waals surface area contributed by atoms with Gasteiger partial charge in [0, 0.05) is 24.7 Å². The van der Waals surface area contributed by atoms with Gasteiger partial charge in [0.05, 0.1) is 15.1 Å². The van der Waals surface area contributed by atoms with E-state index >= 15 is 0 Å². The summed E-state index contributed by atoms with van der Waals surface area (Å²) in [4.78, 5) is 37.0. The Morgan fingerprint density at radius 3 is 2.76 bits per heavy atom. The van der Waals surface area contributed by atoms with Crippen LogP contribution in [-0.4, -0.2) is 28.3 Å². The fraction of sp³-hybridized carbons (Fsp3) is 0.200. The van der Waals surface area contributed by atoms with Gasteiger partial charge in [-0.2, -0.15) is 0 Å². The lowest BCUT2D eigenvalue weighted by molar-refractivity contribution is 0.101.